The zero-order valence-corrected chi connectivity index (χ0v) is 8.98. The van der Waals surface area contributed by atoms with Gasteiger partial charge in [0.05, 0.1) is 11.9 Å². The minimum Gasteiger partial charge on any atom is -0.380 e. The Kier molecular flexibility index (Phi) is 3.01. The molecule has 4 heteroatoms. The Morgan fingerprint density at radius 2 is 2.29 bits per heavy atom. The van der Waals surface area contributed by atoms with Crippen molar-refractivity contribution in [3.8, 4) is 0 Å². The normalized spacial score (nSPS) is 10.1. The predicted molar refractivity (Wildman–Crippen MR) is 60.9 cm³/mol. The summed E-state index contributed by atoms with van der Waals surface area (Å²) in [6, 6.07) is 5.79. The maximum absolute atomic E-state index is 5.67. The number of hydrogen-bond donors (Lipinski definition) is 1. The highest BCUT2D eigenvalue weighted by molar-refractivity contribution is 7.07. The monoisotopic (exact) mass is 224 g/mol. The van der Waals surface area contributed by atoms with Crippen molar-refractivity contribution < 1.29 is 0 Å². The van der Waals surface area contributed by atoms with Crippen LogP contribution in [0.15, 0.2) is 35.2 Å². The van der Waals surface area contributed by atoms with Crippen LogP contribution in [-0.2, 0) is 6.54 Å². The summed E-state index contributed by atoms with van der Waals surface area (Å²) in [7, 11) is 0. The first-order chi connectivity index (χ1) is 6.84. The number of halogens is 1. The molecular weight excluding hydrogens is 216 g/mol. The van der Waals surface area contributed by atoms with Gasteiger partial charge in [0.1, 0.15) is 5.15 Å². The van der Waals surface area contributed by atoms with Crippen LogP contribution in [0, 0.1) is 0 Å². The Morgan fingerprint density at radius 1 is 1.36 bits per heavy atom. The van der Waals surface area contributed by atoms with Crippen molar-refractivity contribution in [2.75, 3.05) is 5.32 Å². The summed E-state index contributed by atoms with van der Waals surface area (Å²) in [4.78, 5) is 3.98. The molecule has 0 unspecified atom stereocenters. The number of aromatic nitrogens is 1. The van der Waals surface area contributed by atoms with E-state index in [1.165, 1.54) is 5.56 Å². The molecule has 2 heterocycles. The summed E-state index contributed by atoms with van der Waals surface area (Å²) in [6.45, 7) is 0.826. The smallest absolute Gasteiger partial charge is 0.129 e. The number of hydrogen-bond acceptors (Lipinski definition) is 3. The molecule has 0 spiro atoms. The molecule has 2 nitrogen and oxygen atoms in total. The van der Waals surface area contributed by atoms with E-state index in [2.05, 4.69) is 27.1 Å². The van der Waals surface area contributed by atoms with E-state index in [9.17, 15) is 0 Å². The summed E-state index contributed by atoms with van der Waals surface area (Å²) in [5.74, 6) is 0. The van der Waals surface area contributed by atoms with Crippen molar-refractivity contribution in [1.29, 1.82) is 0 Å². The molecule has 0 saturated heterocycles. The van der Waals surface area contributed by atoms with Crippen LogP contribution in [-0.4, -0.2) is 4.98 Å². The van der Waals surface area contributed by atoms with Gasteiger partial charge in [-0.2, -0.15) is 11.3 Å². The zero-order chi connectivity index (χ0) is 9.80. The van der Waals surface area contributed by atoms with Crippen LogP contribution in [0.3, 0.4) is 0 Å². The number of anilines is 1. The van der Waals surface area contributed by atoms with Gasteiger partial charge in [-0.15, -0.1) is 0 Å². The van der Waals surface area contributed by atoms with E-state index >= 15 is 0 Å². The molecule has 0 aliphatic rings. The van der Waals surface area contributed by atoms with Gasteiger partial charge < -0.3 is 5.32 Å². The van der Waals surface area contributed by atoms with Gasteiger partial charge in [0.15, 0.2) is 0 Å². The Labute approximate surface area is 91.6 Å². The van der Waals surface area contributed by atoms with Gasteiger partial charge in [-0.1, -0.05) is 11.6 Å². The number of thiophene rings is 1. The molecule has 0 saturated carbocycles. The highest BCUT2D eigenvalue weighted by Gasteiger charge is 1.94. The third-order valence-electron chi connectivity index (χ3n) is 1.80. The number of nitrogens with one attached hydrogen (secondary N) is 1. The van der Waals surface area contributed by atoms with Gasteiger partial charge in [-0.05, 0) is 34.5 Å². The van der Waals surface area contributed by atoms with E-state index in [4.69, 9.17) is 11.6 Å². The fourth-order valence-corrected chi connectivity index (χ4v) is 1.86. The van der Waals surface area contributed by atoms with E-state index in [1.54, 1.807) is 23.6 Å². The molecule has 1 N–H and O–H groups in total. The molecule has 2 aromatic heterocycles. The van der Waals surface area contributed by atoms with Gasteiger partial charge in [-0.3, -0.25) is 0 Å². The molecule has 0 radical (unpaired) electrons. The van der Waals surface area contributed by atoms with Crippen LogP contribution in [0.1, 0.15) is 5.56 Å². The summed E-state index contributed by atoms with van der Waals surface area (Å²) < 4.78 is 0. The van der Waals surface area contributed by atoms with Crippen LogP contribution < -0.4 is 5.32 Å². The quantitative estimate of drug-likeness (QED) is 0.809. The second-order valence-corrected chi connectivity index (χ2v) is 4.02. The topological polar surface area (TPSA) is 24.9 Å². The molecule has 0 aliphatic heterocycles. The SMILES string of the molecule is Clc1ccc(NCc2ccsc2)cn1. The number of rotatable bonds is 3. The molecule has 0 atom stereocenters. The third kappa shape index (κ3) is 2.47. The van der Waals surface area contributed by atoms with Crippen molar-refractivity contribution in [1.82, 2.24) is 4.98 Å². The molecule has 0 amide bonds. The number of pyridine rings is 1. The number of nitrogens with zero attached hydrogens (tertiary/aromatic N) is 1. The lowest BCUT2D eigenvalue weighted by atomic mass is 10.3. The fourth-order valence-electron chi connectivity index (χ4n) is 1.08. The summed E-state index contributed by atoms with van der Waals surface area (Å²) in [5, 5.41) is 7.97. The van der Waals surface area contributed by atoms with Crippen molar-refractivity contribution in [2.24, 2.45) is 0 Å². The average Bonchev–Trinajstić information content (AvgIpc) is 2.70. The molecule has 0 aliphatic carbocycles. The predicted octanol–water partition coefficient (Wildman–Crippen LogP) is 3.41. The lowest BCUT2D eigenvalue weighted by Crippen LogP contribution is -1.97. The van der Waals surface area contributed by atoms with E-state index in [1.807, 2.05) is 6.07 Å². The fraction of sp³-hybridized carbons (Fsp3) is 0.100. The lowest BCUT2D eigenvalue weighted by Gasteiger charge is -2.03. The first-order valence-corrected chi connectivity index (χ1v) is 5.53. The van der Waals surface area contributed by atoms with Gasteiger partial charge in [0.2, 0.25) is 0 Å². The standard InChI is InChI=1S/C10H9ClN2S/c11-10-2-1-9(6-13-10)12-5-8-3-4-14-7-8/h1-4,6-7,12H,5H2. The van der Waals surface area contributed by atoms with E-state index in [0.29, 0.717) is 5.15 Å². The Hall–Kier alpha value is -1.06. The van der Waals surface area contributed by atoms with Crippen molar-refractivity contribution in [2.45, 2.75) is 6.54 Å². The summed E-state index contributed by atoms with van der Waals surface area (Å²) in [5.41, 5.74) is 2.27. The summed E-state index contributed by atoms with van der Waals surface area (Å²) >= 11 is 7.37. The third-order valence-corrected chi connectivity index (χ3v) is 2.76. The molecule has 0 fully saturated rings. The van der Waals surface area contributed by atoms with Crippen molar-refractivity contribution in [3.05, 3.63) is 45.9 Å². The molecule has 14 heavy (non-hydrogen) atoms. The molecule has 0 aromatic carbocycles. The van der Waals surface area contributed by atoms with Gasteiger partial charge in [0, 0.05) is 6.54 Å². The van der Waals surface area contributed by atoms with Gasteiger partial charge >= 0.3 is 0 Å². The average molecular weight is 225 g/mol. The largest absolute Gasteiger partial charge is 0.380 e. The van der Waals surface area contributed by atoms with E-state index < -0.39 is 0 Å². The highest BCUT2D eigenvalue weighted by atomic mass is 35.5. The second-order valence-electron chi connectivity index (χ2n) is 2.85. The van der Waals surface area contributed by atoms with Crippen molar-refractivity contribution in [3.63, 3.8) is 0 Å². The maximum atomic E-state index is 5.67. The second kappa shape index (κ2) is 4.44. The minimum absolute atomic E-state index is 0.520. The van der Waals surface area contributed by atoms with Crippen LogP contribution >= 0.6 is 22.9 Å². The Balaban J connectivity index is 1.95. The van der Waals surface area contributed by atoms with Gasteiger partial charge in [-0.25, -0.2) is 4.98 Å². The minimum atomic E-state index is 0.520. The molecule has 0 bridgehead atoms. The van der Waals surface area contributed by atoms with Crippen molar-refractivity contribution >= 4 is 28.6 Å². The molecule has 72 valence electrons. The van der Waals surface area contributed by atoms with Crippen LogP contribution in [0.2, 0.25) is 5.15 Å². The van der Waals surface area contributed by atoms with Crippen LogP contribution in [0.25, 0.3) is 0 Å². The van der Waals surface area contributed by atoms with Crippen LogP contribution in [0.4, 0.5) is 5.69 Å². The summed E-state index contributed by atoms with van der Waals surface area (Å²) in [6.07, 6.45) is 1.73. The first-order valence-electron chi connectivity index (χ1n) is 4.21. The van der Waals surface area contributed by atoms with E-state index in [0.717, 1.165) is 12.2 Å². The maximum Gasteiger partial charge on any atom is 0.129 e. The lowest BCUT2D eigenvalue weighted by molar-refractivity contribution is 1.15. The van der Waals surface area contributed by atoms with Crippen LogP contribution in [0.5, 0.6) is 0 Å². The zero-order valence-electron chi connectivity index (χ0n) is 7.40. The van der Waals surface area contributed by atoms with Gasteiger partial charge in [0.25, 0.3) is 0 Å². The molecule has 2 aromatic rings. The Bertz CT molecular complexity index is 383. The first kappa shape index (κ1) is 9.49. The molecular formula is C10H9ClN2S. The Morgan fingerprint density at radius 3 is 2.93 bits per heavy atom. The van der Waals surface area contributed by atoms with E-state index in [-0.39, 0.29) is 0 Å². The highest BCUT2D eigenvalue weighted by Crippen LogP contribution is 2.12. The molecule has 2 rings (SSSR count).